The Bertz CT molecular complexity index is 646. The molecule has 0 radical (unpaired) electrons. The van der Waals surface area contributed by atoms with E-state index in [1.165, 1.54) is 0 Å². The molecule has 2 aliphatic rings. The third kappa shape index (κ3) is 3.75. The lowest BCUT2D eigenvalue weighted by atomic mass is 9.86. The van der Waals surface area contributed by atoms with E-state index in [-0.39, 0.29) is 17.9 Å². The molecule has 1 aliphatic carbocycles. The highest BCUT2D eigenvalue weighted by Gasteiger charge is 2.26. The SMILES string of the molecule is CC1=NN(c2ccc(C(=O)NC3CCC(C(=O)O)CC3)cc2)CC1. The molecule has 0 atom stereocenters. The third-order valence-electron chi connectivity index (χ3n) is 4.82. The van der Waals surface area contributed by atoms with Gasteiger partial charge in [-0.25, -0.2) is 0 Å². The van der Waals surface area contributed by atoms with E-state index >= 15 is 0 Å². The summed E-state index contributed by atoms with van der Waals surface area (Å²) < 4.78 is 0. The van der Waals surface area contributed by atoms with Crippen molar-refractivity contribution in [2.75, 3.05) is 11.6 Å². The Labute approximate surface area is 141 Å². The van der Waals surface area contributed by atoms with Crippen LogP contribution >= 0.6 is 0 Å². The Balaban J connectivity index is 1.55. The van der Waals surface area contributed by atoms with Crippen LogP contribution in [-0.2, 0) is 4.79 Å². The van der Waals surface area contributed by atoms with E-state index < -0.39 is 5.97 Å². The molecular formula is C18H23N3O3. The smallest absolute Gasteiger partial charge is 0.306 e. The van der Waals surface area contributed by atoms with Gasteiger partial charge >= 0.3 is 5.97 Å². The summed E-state index contributed by atoms with van der Waals surface area (Å²) in [5.41, 5.74) is 2.73. The molecule has 0 spiro atoms. The van der Waals surface area contributed by atoms with Gasteiger partial charge < -0.3 is 10.4 Å². The normalized spacial score (nSPS) is 23.7. The fourth-order valence-corrected chi connectivity index (χ4v) is 3.30. The zero-order valence-corrected chi connectivity index (χ0v) is 13.9. The number of amides is 1. The van der Waals surface area contributed by atoms with Gasteiger partial charge in [0.05, 0.1) is 11.6 Å². The van der Waals surface area contributed by atoms with Gasteiger partial charge in [0.2, 0.25) is 0 Å². The van der Waals surface area contributed by atoms with Gasteiger partial charge in [0.25, 0.3) is 5.91 Å². The van der Waals surface area contributed by atoms with Crippen LogP contribution in [0.15, 0.2) is 29.4 Å². The summed E-state index contributed by atoms with van der Waals surface area (Å²) in [5, 5.41) is 18.4. The lowest BCUT2D eigenvalue weighted by Crippen LogP contribution is -2.38. The highest BCUT2D eigenvalue weighted by Crippen LogP contribution is 2.25. The molecule has 3 rings (SSSR count). The maximum atomic E-state index is 12.3. The van der Waals surface area contributed by atoms with Crippen LogP contribution in [0, 0.1) is 5.92 Å². The van der Waals surface area contributed by atoms with Gasteiger partial charge in [-0.3, -0.25) is 14.6 Å². The summed E-state index contributed by atoms with van der Waals surface area (Å²) in [4.78, 5) is 23.3. The van der Waals surface area contributed by atoms with E-state index in [1.807, 2.05) is 36.2 Å². The maximum absolute atomic E-state index is 12.3. The highest BCUT2D eigenvalue weighted by molar-refractivity contribution is 5.95. The number of anilines is 1. The van der Waals surface area contributed by atoms with Crippen LogP contribution in [0.5, 0.6) is 0 Å². The number of aliphatic carboxylic acids is 1. The van der Waals surface area contributed by atoms with Crippen molar-refractivity contribution < 1.29 is 14.7 Å². The maximum Gasteiger partial charge on any atom is 0.306 e. The minimum Gasteiger partial charge on any atom is -0.481 e. The van der Waals surface area contributed by atoms with Crippen molar-refractivity contribution in [1.29, 1.82) is 0 Å². The molecule has 0 aromatic heterocycles. The molecule has 1 aromatic rings. The Hall–Kier alpha value is -2.37. The molecule has 1 aromatic carbocycles. The first-order chi connectivity index (χ1) is 11.5. The second kappa shape index (κ2) is 7.03. The standard InChI is InChI=1S/C18H23N3O3/c1-12-10-11-21(20-12)16-8-4-13(5-9-16)17(22)19-15-6-2-14(3-7-15)18(23)24/h4-5,8-9,14-15H,2-3,6-7,10-11H2,1H3,(H,19,22)(H,23,24). The van der Waals surface area contributed by atoms with Crippen molar-refractivity contribution in [2.45, 2.75) is 45.1 Å². The molecule has 1 aliphatic heterocycles. The quantitative estimate of drug-likeness (QED) is 0.890. The van der Waals surface area contributed by atoms with Gasteiger partial charge in [0, 0.05) is 30.3 Å². The van der Waals surface area contributed by atoms with Gasteiger partial charge in [-0.1, -0.05) is 0 Å². The lowest BCUT2D eigenvalue weighted by Gasteiger charge is -2.26. The largest absolute Gasteiger partial charge is 0.481 e. The first-order valence-electron chi connectivity index (χ1n) is 8.48. The van der Waals surface area contributed by atoms with Crippen molar-refractivity contribution in [1.82, 2.24) is 5.32 Å². The van der Waals surface area contributed by atoms with Crippen molar-refractivity contribution in [3.63, 3.8) is 0 Å². The highest BCUT2D eigenvalue weighted by atomic mass is 16.4. The summed E-state index contributed by atoms with van der Waals surface area (Å²) in [6.45, 7) is 2.89. The molecule has 1 saturated carbocycles. The fourth-order valence-electron chi connectivity index (χ4n) is 3.30. The Morgan fingerprint density at radius 3 is 2.38 bits per heavy atom. The second-order valence-corrected chi connectivity index (χ2v) is 6.62. The molecule has 1 heterocycles. The molecule has 6 nitrogen and oxygen atoms in total. The van der Waals surface area contributed by atoms with Gasteiger partial charge in [-0.15, -0.1) is 0 Å². The molecule has 0 saturated heterocycles. The first kappa shape index (κ1) is 16.5. The summed E-state index contributed by atoms with van der Waals surface area (Å²) in [5.74, 6) is -1.08. The van der Waals surface area contributed by atoms with Crippen LogP contribution in [0.4, 0.5) is 5.69 Å². The zero-order chi connectivity index (χ0) is 17.1. The predicted octanol–water partition coefficient (Wildman–Crippen LogP) is 2.65. The molecule has 0 bridgehead atoms. The van der Waals surface area contributed by atoms with Gasteiger partial charge in [-0.05, 0) is 56.9 Å². The summed E-state index contributed by atoms with van der Waals surface area (Å²) in [7, 11) is 0. The number of carbonyl (C=O) groups is 2. The van der Waals surface area contributed by atoms with E-state index in [2.05, 4.69) is 10.4 Å². The van der Waals surface area contributed by atoms with Crippen LogP contribution in [0.2, 0.25) is 0 Å². The number of rotatable bonds is 4. The van der Waals surface area contributed by atoms with Gasteiger partial charge in [0.15, 0.2) is 0 Å². The molecule has 1 fully saturated rings. The van der Waals surface area contributed by atoms with Crippen LogP contribution in [-0.4, -0.2) is 35.3 Å². The van der Waals surface area contributed by atoms with Crippen molar-refractivity contribution >= 4 is 23.3 Å². The topological polar surface area (TPSA) is 82.0 Å². The fraction of sp³-hybridized carbons (Fsp3) is 0.500. The number of carboxylic acids is 1. The summed E-state index contributed by atoms with van der Waals surface area (Å²) in [6.07, 6.45) is 3.68. The number of nitrogens with zero attached hydrogens (tertiary/aromatic N) is 2. The molecule has 6 heteroatoms. The molecule has 0 unspecified atom stereocenters. The first-order valence-corrected chi connectivity index (χ1v) is 8.48. The van der Waals surface area contributed by atoms with Crippen LogP contribution in [0.1, 0.15) is 49.4 Å². The van der Waals surface area contributed by atoms with Crippen LogP contribution in [0.3, 0.4) is 0 Å². The average molecular weight is 329 g/mol. The van der Waals surface area contributed by atoms with E-state index in [1.54, 1.807) is 0 Å². The monoisotopic (exact) mass is 329 g/mol. The van der Waals surface area contributed by atoms with Crippen molar-refractivity contribution in [3.05, 3.63) is 29.8 Å². The Morgan fingerprint density at radius 1 is 1.17 bits per heavy atom. The summed E-state index contributed by atoms with van der Waals surface area (Å²) in [6, 6.07) is 7.53. The van der Waals surface area contributed by atoms with Crippen LogP contribution < -0.4 is 10.3 Å². The Kier molecular flexibility index (Phi) is 4.83. The van der Waals surface area contributed by atoms with Gasteiger partial charge in [-0.2, -0.15) is 5.10 Å². The molecular weight excluding hydrogens is 306 g/mol. The number of hydrogen-bond donors (Lipinski definition) is 2. The average Bonchev–Trinajstić information content (AvgIpc) is 3.02. The number of hydrazone groups is 1. The molecule has 24 heavy (non-hydrogen) atoms. The summed E-state index contributed by atoms with van der Waals surface area (Å²) >= 11 is 0. The van der Waals surface area contributed by atoms with E-state index in [4.69, 9.17) is 5.11 Å². The molecule has 1 amide bonds. The number of carbonyl (C=O) groups excluding carboxylic acids is 1. The minimum absolute atomic E-state index is 0.0682. The van der Waals surface area contributed by atoms with Gasteiger partial charge in [0.1, 0.15) is 0 Å². The number of carboxylic acid groups (broad SMARTS) is 1. The predicted molar refractivity (Wildman–Crippen MR) is 92.4 cm³/mol. The molecule has 2 N–H and O–H groups in total. The van der Waals surface area contributed by atoms with E-state index in [9.17, 15) is 9.59 Å². The Morgan fingerprint density at radius 2 is 1.83 bits per heavy atom. The van der Waals surface area contributed by atoms with Crippen LogP contribution in [0.25, 0.3) is 0 Å². The van der Waals surface area contributed by atoms with E-state index in [0.717, 1.165) is 37.2 Å². The zero-order valence-electron chi connectivity index (χ0n) is 13.9. The van der Waals surface area contributed by atoms with E-state index in [0.29, 0.717) is 18.4 Å². The number of nitrogens with one attached hydrogen (secondary N) is 1. The minimum atomic E-state index is -0.727. The second-order valence-electron chi connectivity index (χ2n) is 6.62. The third-order valence-corrected chi connectivity index (χ3v) is 4.82. The lowest BCUT2D eigenvalue weighted by molar-refractivity contribution is -0.142. The van der Waals surface area contributed by atoms with Crippen molar-refractivity contribution in [2.24, 2.45) is 11.0 Å². The number of hydrogen-bond acceptors (Lipinski definition) is 4. The molecule has 128 valence electrons. The van der Waals surface area contributed by atoms with Crippen molar-refractivity contribution in [3.8, 4) is 0 Å². The number of benzene rings is 1.